The molecule has 5 rings (SSSR count). The highest BCUT2D eigenvalue weighted by molar-refractivity contribution is 6.32. The minimum atomic E-state index is -5.01. The van der Waals surface area contributed by atoms with E-state index in [1.165, 1.54) is 33.8 Å². The van der Waals surface area contributed by atoms with E-state index < -0.39 is 49.8 Å². The first-order valence-electron chi connectivity index (χ1n) is 12.7. The van der Waals surface area contributed by atoms with Gasteiger partial charge in [0.2, 0.25) is 5.95 Å². The van der Waals surface area contributed by atoms with Gasteiger partial charge in [0.05, 0.1) is 17.3 Å². The standard InChI is InChI=1S/C25H22Cl2F6N8O2/c26-15-7-5-14(6-8-15)21-37-40(23(43)39(21)12-19(42)25(31,32)33)13-20-35-22(38-10-9-34-18(11-38)24(28,29)30)41(36-20)17-4-2-1-3-16(17)27/h1-8,18-19,34,42H,9-13H2. The average molecular weight is 651 g/mol. The Morgan fingerprint density at radius 3 is 2.37 bits per heavy atom. The van der Waals surface area contributed by atoms with Gasteiger partial charge < -0.3 is 15.3 Å². The fourth-order valence-electron chi connectivity index (χ4n) is 4.48. The molecule has 2 aromatic carbocycles. The van der Waals surface area contributed by atoms with E-state index in [4.69, 9.17) is 23.2 Å². The molecule has 43 heavy (non-hydrogen) atoms. The number of halogens is 8. The zero-order valence-electron chi connectivity index (χ0n) is 21.8. The molecular weight excluding hydrogens is 629 g/mol. The predicted molar refractivity (Wildman–Crippen MR) is 145 cm³/mol. The van der Waals surface area contributed by atoms with Crippen molar-refractivity contribution in [2.45, 2.75) is 37.6 Å². The number of hydrogen-bond donors (Lipinski definition) is 2. The van der Waals surface area contributed by atoms with Crippen molar-refractivity contribution in [2.24, 2.45) is 0 Å². The summed E-state index contributed by atoms with van der Waals surface area (Å²) in [5.74, 6) is -0.259. The zero-order chi connectivity index (χ0) is 31.1. The van der Waals surface area contributed by atoms with Crippen LogP contribution in [0.5, 0.6) is 0 Å². The normalized spacial score (nSPS) is 17.0. The summed E-state index contributed by atoms with van der Waals surface area (Å²) in [5.41, 5.74) is -0.472. The molecular formula is C25H22Cl2F6N8O2. The summed E-state index contributed by atoms with van der Waals surface area (Å²) in [6, 6.07) is 10.3. The van der Waals surface area contributed by atoms with Crippen molar-refractivity contribution < 1.29 is 31.4 Å². The van der Waals surface area contributed by atoms with Crippen LogP contribution in [0.25, 0.3) is 17.1 Å². The molecule has 18 heteroatoms. The molecule has 2 unspecified atom stereocenters. The van der Waals surface area contributed by atoms with Gasteiger partial charge in [0.1, 0.15) is 12.6 Å². The third-order valence-electron chi connectivity index (χ3n) is 6.62. The van der Waals surface area contributed by atoms with Gasteiger partial charge in [-0.05, 0) is 36.4 Å². The summed E-state index contributed by atoms with van der Waals surface area (Å²) in [7, 11) is 0. The van der Waals surface area contributed by atoms with Gasteiger partial charge in [-0.25, -0.2) is 9.48 Å². The van der Waals surface area contributed by atoms with E-state index in [-0.39, 0.29) is 41.3 Å². The van der Waals surface area contributed by atoms with E-state index in [0.717, 1.165) is 4.68 Å². The van der Waals surface area contributed by atoms with Crippen molar-refractivity contribution in [2.75, 3.05) is 24.5 Å². The third kappa shape index (κ3) is 6.66. The van der Waals surface area contributed by atoms with Crippen molar-refractivity contribution in [3.8, 4) is 17.1 Å². The number of rotatable bonds is 7. The first-order chi connectivity index (χ1) is 20.2. The monoisotopic (exact) mass is 650 g/mol. The third-order valence-corrected chi connectivity index (χ3v) is 7.19. The second kappa shape index (κ2) is 11.8. The minimum absolute atomic E-state index is 0.00919. The summed E-state index contributed by atoms with van der Waals surface area (Å²) in [4.78, 5) is 19.1. The molecule has 2 N–H and O–H groups in total. The molecule has 0 amide bonds. The number of benzene rings is 2. The highest BCUT2D eigenvalue weighted by Crippen LogP contribution is 2.29. The second-order valence-corrected chi connectivity index (χ2v) is 10.5. The molecule has 4 aromatic rings. The van der Waals surface area contributed by atoms with Crippen molar-refractivity contribution in [3.05, 3.63) is 74.9 Å². The van der Waals surface area contributed by atoms with Crippen LogP contribution in [-0.2, 0) is 13.1 Å². The maximum absolute atomic E-state index is 13.5. The molecule has 1 saturated heterocycles. The van der Waals surface area contributed by atoms with Crippen LogP contribution in [0.15, 0.2) is 53.3 Å². The second-order valence-electron chi connectivity index (χ2n) is 9.62. The van der Waals surface area contributed by atoms with Crippen LogP contribution in [0.1, 0.15) is 5.82 Å². The number of aromatic nitrogens is 6. The number of hydrogen-bond acceptors (Lipinski definition) is 7. The largest absolute Gasteiger partial charge is 0.416 e. The Morgan fingerprint density at radius 1 is 1.02 bits per heavy atom. The highest BCUT2D eigenvalue weighted by atomic mass is 35.5. The predicted octanol–water partition coefficient (Wildman–Crippen LogP) is 3.91. The maximum atomic E-state index is 13.5. The number of para-hydroxylation sites is 1. The Hall–Kier alpha value is -3.60. The number of anilines is 1. The highest BCUT2D eigenvalue weighted by Gasteiger charge is 2.43. The van der Waals surface area contributed by atoms with E-state index in [0.29, 0.717) is 15.3 Å². The van der Waals surface area contributed by atoms with Gasteiger partial charge >= 0.3 is 18.0 Å². The van der Waals surface area contributed by atoms with Gasteiger partial charge in [-0.1, -0.05) is 35.3 Å². The molecule has 1 aliphatic heterocycles. The first kappa shape index (κ1) is 30.8. The van der Waals surface area contributed by atoms with Crippen LogP contribution in [0.4, 0.5) is 32.3 Å². The number of alkyl halides is 6. The molecule has 1 fully saturated rings. The van der Waals surface area contributed by atoms with Gasteiger partial charge in [-0.2, -0.15) is 36.0 Å². The SMILES string of the molecule is O=c1n(Cc2nc(N3CCNC(C(F)(F)F)C3)n(-c3ccccc3Cl)n2)nc(-c2ccc(Cl)cc2)n1CC(O)C(F)(F)F. The van der Waals surface area contributed by atoms with Gasteiger partial charge in [-0.15, -0.1) is 10.2 Å². The lowest BCUT2D eigenvalue weighted by molar-refractivity contribution is -0.207. The smallest absolute Gasteiger partial charge is 0.382 e. The maximum Gasteiger partial charge on any atom is 0.416 e. The van der Waals surface area contributed by atoms with Gasteiger partial charge in [-0.3, -0.25) is 4.57 Å². The van der Waals surface area contributed by atoms with Crippen molar-refractivity contribution >= 4 is 29.2 Å². The Balaban J connectivity index is 1.56. The first-order valence-corrected chi connectivity index (χ1v) is 13.4. The quantitative estimate of drug-likeness (QED) is 0.292. The van der Waals surface area contributed by atoms with Crippen LogP contribution in [0.2, 0.25) is 10.0 Å². The van der Waals surface area contributed by atoms with E-state index in [2.05, 4.69) is 20.5 Å². The fraction of sp³-hybridized carbons (Fsp3) is 0.360. The van der Waals surface area contributed by atoms with Gasteiger partial charge in [0.25, 0.3) is 0 Å². The lowest BCUT2D eigenvalue weighted by Gasteiger charge is -2.35. The summed E-state index contributed by atoms with van der Waals surface area (Å²) in [6.07, 6.45) is -12.4. The molecule has 0 radical (unpaired) electrons. The minimum Gasteiger partial charge on any atom is -0.382 e. The molecule has 0 bridgehead atoms. The topological polar surface area (TPSA) is 106 Å². The van der Waals surface area contributed by atoms with Crippen LogP contribution >= 0.6 is 23.2 Å². The number of aliphatic hydroxyl groups excluding tert-OH is 1. The lowest BCUT2D eigenvalue weighted by Crippen LogP contribution is -2.57. The summed E-state index contributed by atoms with van der Waals surface area (Å²) in [6.45, 7) is -1.97. The zero-order valence-corrected chi connectivity index (χ0v) is 23.3. The van der Waals surface area contributed by atoms with Gasteiger partial charge in [0.15, 0.2) is 17.8 Å². The molecule has 3 heterocycles. The summed E-state index contributed by atoms with van der Waals surface area (Å²) < 4.78 is 82.9. The van der Waals surface area contributed by atoms with Crippen LogP contribution in [0, 0.1) is 0 Å². The Labute approximate surface area is 249 Å². The molecule has 0 saturated carbocycles. The molecule has 2 atom stereocenters. The number of aliphatic hydroxyl groups is 1. The summed E-state index contributed by atoms with van der Waals surface area (Å²) in [5, 5.41) is 21.3. The van der Waals surface area contributed by atoms with E-state index >= 15 is 0 Å². The molecule has 0 aliphatic carbocycles. The molecule has 230 valence electrons. The van der Waals surface area contributed by atoms with E-state index in [9.17, 15) is 36.2 Å². The van der Waals surface area contributed by atoms with Crippen LogP contribution < -0.4 is 15.9 Å². The van der Waals surface area contributed by atoms with Crippen molar-refractivity contribution in [1.29, 1.82) is 0 Å². The van der Waals surface area contributed by atoms with Crippen LogP contribution in [0.3, 0.4) is 0 Å². The van der Waals surface area contributed by atoms with Crippen molar-refractivity contribution in [1.82, 2.24) is 34.4 Å². The van der Waals surface area contributed by atoms with Crippen LogP contribution in [-0.4, -0.2) is 78.4 Å². The Bertz CT molecular complexity index is 1650. The fourth-order valence-corrected chi connectivity index (χ4v) is 4.83. The lowest BCUT2D eigenvalue weighted by atomic mass is 10.2. The average Bonchev–Trinajstić information content (AvgIpc) is 3.50. The molecule has 10 nitrogen and oxygen atoms in total. The number of nitrogens with zero attached hydrogens (tertiary/aromatic N) is 7. The van der Waals surface area contributed by atoms with Crippen molar-refractivity contribution in [3.63, 3.8) is 0 Å². The Morgan fingerprint density at radius 2 is 1.72 bits per heavy atom. The molecule has 1 aliphatic rings. The number of nitrogens with one attached hydrogen (secondary N) is 1. The Kier molecular flexibility index (Phi) is 8.48. The van der Waals surface area contributed by atoms with Gasteiger partial charge in [0, 0.05) is 30.2 Å². The van der Waals surface area contributed by atoms with E-state index in [1.54, 1.807) is 24.3 Å². The number of piperazine rings is 1. The van der Waals surface area contributed by atoms with E-state index in [1.807, 2.05) is 0 Å². The molecule has 0 spiro atoms. The molecule has 2 aromatic heterocycles. The summed E-state index contributed by atoms with van der Waals surface area (Å²) >= 11 is 12.3.